The Morgan fingerprint density at radius 1 is 1.00 bits per heavy atom. The van der Waals surface area contributed by atoms with Crippen LogP contribution in [0, 0.1) is 0 Å². The molecular weight excluding hydrogens is 568 g/mol. The number of amides is 2. The molecule has 3 N–H and O–H groups in total. The van der Waals surface area contributed by atoms with Crippen molar-refractivity contribution in [1.29, 1.82) is 0 Å². The number of hydrogen-bond donors (Lipinski definition) is 3. The Bertz CT molecular complexity index is 1580. The Kier molecular flexibility index (Phi) is 9.19. The van der Waals surface area contributed by atoms with Gasteiger partial charge in [0, 0.05) is 17.4 Å². The van der Waals surface area contributed by atoms with Gasteiger partial charge in [-0.25, -0.2) is 4.98 Å². The number of benzene rings is 1. The molecule has 0 saturated carbocycles. The van der Waals surface area contributed by atoms with Crippen LogP contribution in [0.1, 0.15) is 67.3 Å². The van der Waals surface area contributed by atoms with Gasteiger partial charge in [-0.15, -0.1) is 11.3 Å². The number of hydrogen-bond acceptors (Lipinski definition) is 9. The quantitative estimate of drug-likeness (QED) is 0.305. The lowest BCUT2D eigenvalue weighted by Crippen LogP contribution is -2.33. The highest BCUT2D eigenvalue weighted by atomic mass is 32.1. The zero-order valence-electron chi connectivity index (χ0n) is 25.2. The van der Waals surface area contributed by atoms with Gasteiger partial charge in [0.05, 0.1) is 38.8 Å². The van der Waals surface area contributed by atoms with E-state index in [2.05, 4.69) is 20.9 Å². The van der Waals surface area contributed by atoms with Crippen LogP contribution in [-0.4, -0.2) is 44.2 Å². The van der Waals surface area contributed by atoms with E-state index in [1.54, 1.807) is 34.3 Å². The van der Waals surface area contributed by atoms with Crippen molar-refractivity contribution in [1.82, 2.24) is 10.3 Å². The monoisotopic (exact) mass is 606 g/mol. The van der Waals surface area contributed by atoms with Gasteiger partial charge in [0.2, 0.25) is 23.0 Å². The van der Waals surface area contributed by atoms with E-state index >= 15 is 0 Å². The third kappa shape index (κ3) is 6.31. The molecule has 0 fully saturated rings. The van der Waals surface area contributed by atoms with Crippen LogP contribution in [0.4, 0.5) is 10.8 Å². The van der Waals surface area contributed by atoms with Gasteiger partial charge in [0.25, 0.3) is 0 Å². The maximum Gasteiger partial charge on any atom is 0.248 e. The number of anilines is 2. The van der Waals surface area contributed by atoms with Crippen LogP contribution < -0.4 is 35.6 Å². The summed E-state index contributed by atoms with van der Waals surface area (Å²) in [6.07, 6.45) is 6.55. The molecule has 0 spiro atoms. The fourth-order valence-corrected chi connectivity index (χ4v) is 6.97. The highest BCUT2D eigenvalue weighted by Gasteiger charge is 2.29. The molecule has 0 radical (unpaired) electrons. The fraction of sp³-hybridized carbons (Fsp3) is 0.438. The van der Waals surface area contributed by atoms with Gasteiger partial charge in [0.15, 0.2) is 16.6 Å². The third-order valence-corrected chi connectivity index (χ3v) is 9.08. The second-order valence-electron chi connectivity index (χ2n) is 10.9. The number of methoxy groups -OCH3 is 3. The van der Waals surface area contributed by atoms with Crippen molar-refractivity contribution in [3.05, 3.63) is 56.2 Å². The molecule has 0 bridgehead atoms. The minimum Gasteiger partial charge on any atom is -0.493 e. The van der Waals surface area contributed by atoms with Gasteiger partial charge < -0.3 is 30.2 Å². The van der Waals surface area contributed by atoms with Crippen LogP contribution in [0.3, 0.4) is 0 Å². The van der Waals surface area contributed by atoms with Crippen molar-refractivity contribution in [2.45, 2.75) is 70.9 Å². The summed E-state index contributed by atoms with van der Waals surface area (Å²) < 4.78 is 17.1. The van der Waals surface area contributed by atoms with E-state index in [1.165, 1.54) is 35.6 Å². The first kappa shape index (κ1) is 30.3. The summed E-state index contributed by atoms with van der Waals surface area (Å²) in [4.78, 5) is 44.9. The molecule has 0 saturated heterocycles. The first-order valence-corrected chi connectivity index (χ1v) is 15.4. The Morgan fingerprint density at radius 3 is 2.49 bits per heavy atom. The van der Waals surface area contributed by atoms with Gasteiger partial charge in [0.1, 0.15) is 6.04 Å². The van der Waals surface area contributed by atoms with Crippen LogP contribution in [0.15, 0.2) is 29.1 Å². The summed E-state index contributed by atoms with van der Waals surface area (Å²) in [5.41, 5.74) is 4.10. The first-order chi connectivity index (χ1) is 20.7. The Morgan fingerprint density at radius 2 is 1.77 bits per heavy atom. The molecule has 0 aliphatic heterocycles. The molecule has 2 atom stereocenters. The molecule has 2 aromatic carbocycles. The Balaban J connectivity index is 1.51. The number of rotatable bonds is 8. The largest absolute Gasteiger partial charge is 0.493 e. The maximum absolute atomic E-state index is 13.6. The lowest BCUT2D eigenvalue weighted by Gasteiger charge is -2.19. The van der Waals surface area contributed by atoms with E-state index in [9.17, 15) is 14.4 Å². The molecule has 228 valence electrons. The highest BCUT2D eigenvalue weighted by Crippen LogP contribution is 2.50. The molecule has 43 heavy (non-hydrogen) atoms. The minimum absolute atomic E-state index is 0.203. The van der Waals surface area contributed by atoms with E-state index in [1.807, 2.05) is 12.1 Å². The second kappa shape index (κ2) is 13.0. The van der Waals surface area contributed by atoms with Gasteiger partial charge in [-0.3, -0.25) is 14.4 Å². The zero-order valence-corrected chi connectivity index (χ0v) is 26.0. The normalized spacial score (nSPS) is 16.3. The Hall–Kier alpha value is -4.12. The molecule has 2 unspecified atom stereocenters. The van der Waals surface area contributed by atoms with Crippen LogP contribution in [0.2, 0.25) is 0 Å². The number of carbonyl (C=O) groups is 2. The molecule has 11 heteroatoms. The van der Waals surface area contributed by atoms with E-state index in [0.717, 1.165) is 48.1 Å². The smallest absolute Gasteiger partial charge is 0.248 e. The summed E-state index contributed by atoms with van der Waals surface area (Å²) >= 11 is 1.53. The average molecular weight is 607 g/mol. The van der Waals surface area contributed by atoms with Gasteiger partial charge in [-0.2, -0.15) is 0 Å². The number of aryl methyl sites for hydroxylation is 3. The van der Waals surface area contributed by atoms with Crippen molar-refractivity contribution < 1.29 is 23.8 Å². The summed E-state index contributed by atoms with van der Waals surface area (Å²) in [6, 6.07) is 5.81. The molecule has 1 heterocycles. The number of ether oxygens (including phenoxy) is 3. The van der Waals surface area contributed by atoms with Crippen molar-refractivity contribution in [3.8, 4) is 28.4 Å². The zero-order chi connectivity index (χ0) is 30.7. The molecular formula is C32H38N4O6S. The number of carbonyl (C=O) groups excluding carboxylic acids is 2. The SMILES string of the molecule is COc1cc2c(c(OC)c1OC)-c1ccc(NC(C)C(=O)Nc3nc4c(s3)CCCCC4)c(=O)cc1C(NC(C)=O)CC2. The predicted octanol–water partition coefficient (Wildman–Crippen LogP) is 5.03. The molecule has 2 aliphatic rings. The number of nitrogens with one attached hydrogen (secondary N) is 3. The Labute approximate surface area is 255 Å². The lowest BCUT2D eigenvalue weighted by molar-refractivity contribution is -0.119. The molecule has 3 aromatic rings. The summed E-state index contributed by atoms with van der Waals surface area (Å²) in [6.45, 7) is 3.17. The summed E-state index contributed by atoms with van der Waals surface area (Å²) in [5, 5.41) is 9.62. The highest BCUT2D eigenvalue weighted by molar-refractivity contribution is 7.15. The van der Waals surface area contributed by atoms with Crippen LogP contribution in [-0.2, 0) is 28.9 Å². The van der Waals surface area contributed by atoms with Crippen LogP contribution in [0.25, 0.3) is 11.1 Å². The molecule has 2 aliphatic carbocycles. The van der Waals surface area contributed by atoms with E-state index < -0.39 is 12.1 Å². The molecule has 10 nitrogen and oxygen atoms in total. The minimum atomic E-state index is -0.712. The fourth-order valence-electron chi connectivity index (χ4n) is 5.92. The first-order valence-electron chi connectivity index (χ1n) is 14.6. The van der Waals surface area contributed by atoms with Crippen molar-refractivity contribution in [2.75, 3.05) is 32.0 Å². The van der Waals surface area contributed by atoms with Crippen LogP contribution >= 0.6 is 11.3 Å². The van der Waals surface area contributed by atoms with E-state index in [4.69, 9.17) is 14.2 Å². The van der Waals surface area contributed by atoms with Crippen LogP contribution in [0.5, 0.6) is 17.2 Å². The molecule has 2 amide bonds. The standard InChI is InChI=1S/C32H38N4O6S/c1-17(31(39)36-32-35-24-9-7-6-8-10-27(24)43-32)33-23-14-12-20-21(16-25(23)38)22(34-18(2)37)13-11-19-15-26(40-3)29(41-4)30(42-5)28(19)20/h12,14-17,22H,6-11,13H2,1-5H3,(H,33,38)(H,34,37)(H,35,36,39). The molecule has 1 aromatic heterocycles. The number of nitrogens with zero attached hydrogens (tertiary/aromatic N) is 1. The maximum atomic E-state index is 13.6. The van der Waals surface area contributed by atoms with Gasteiger partial charge in [-0.1, -0.05) is 12.5 Å². The number of fused-ring (bicyclic) bond motifs is 4. The predicted molar refractivity (Wildman–Crippen MR) is 168 cm³/mol. The number of thiazole rings is 1. The van der Waals surface area contributed by atoms with Crippen molar-refractivity contribution >= 4 is 34.0 Å². The van der Waals surface area contributed by atoms with Gasteiger partial charge >= 0.3 is 0 Å². The topological polar surface area (TPSA) is 128 Å². The summed E-state index contributed by atoms with van der Waals surface area (Å²) in [5.74, 6) is 0.956. The van der Waals surface area contributed by atoms with Crippen molar-refractivity contribution in [2.24, 2.45) is 0 Å². The third-order valence-electron chi connectivity index (χ3n) is 8.01. The van der Waals surface area contributed by atoms with E-state index in [-0.39, 0.29) is 22.9 Å². The second-order valence-corrected chi connectivity index (χ2v) is 12.0. The molecule has 5 rings (SSSR count). The summed E-state index contributed by atoms with van der Waals surface area (Å²) in [7, 11) is 4.67. The average Bonchev–Trinajstić information content (AvgIpc) is 3.08. The lowest BCUT2D eigenvalue weighted by atomic mass is 9.95. The van der Waals surface area contributed by atoms with E-state index in [0.29, 0.717) is 40.8 Å². The van der Waals surface area contributed by atoms with Gasteiger partial charge in [-0.05, 0) is 80.3 Å². The number of aromatic nitrogens is 1. The van der Waals surface area contributed by atoms with Crippen molar-refractivity contribution in [3.63, 3.8) is 0 Å².